The van der Waals surface area contributed by atoms with E-state index in [9.17, 15) is 4.79 Å². The topological polar surface area (TPSA) is 35.5 Å². The molecule has 3 nitrogen and oxygen atoms in total. The number of benzene rings is 1. The van der Waals surface area contributed by atoms with Crippen LogP contribution in [0.4, 0.5) is 0 Å². The van der Waals surface area contributed by atoms with E-state index in [1.807, 2.05) is 18.2 Å². The molecule has 1 aromatic rings. The van der Waals surface area contributed by atoms with Gasteiger partial charge in [-0.05, 0) is 30.0 Å². The van der Waals surface area contributed by atoms with Gasteiger partial charge in [-0.15, -0.1) is 0 Å². The van der Waals surface area contributed by atoms with Crippen molar-refractivity contribution in [1.29, 1.82) is 0 Å². The van der Waals surface area contributed by atoms with Gasteiger partial charge in [0.2, 0.25) is 0 Å². The normalized spacial score (nSPS) is 22.7. The monoisotopic (exact) mass is 232 g/mol. The molecule has 1 unspecified atom stereocenters. The molecule has 1 saturated heterocycles. The van der Waals surface area contributed by atoms with Crippen molar-refractivity contribution in [2.45, 2.75) is 38.6 Å². The summed E-state index contributed by atoms with van der Waals surface area (Å²) < 4.78 is 10.8. The minimum atomic E-state index is 0.131. The number of ketones is 1. The van der Waals surface area contributed by atoms with E-state index in [4.69, 9.17) is 9.47 Å². The van der Waals surface area contributed by atoms with Gasteiger partial charge in [0.25, 0.3) is 0 Å². The molecule has 0 amide bonds. The average molecular weight is 232 g/mol. The van der Waals surface area contributed by atoms with Crippen molar-refractivity contribution in [3.8, 4) is 0 Å². The second kappa shape index (κ2) is 4.59. The Labute approximate surface area is 101 Å². The molecule has 90 valence electrons. The van der Waals surface area contributed by atoms with E-state index in [2.05, 4.69) is 0 Å². The maximum absolute atomic E-state index is 12.1. The molecule has 0 radical (unpaired) electrons. The molecule has 17 heavy (non-hydrogen) atoms. The molecule has 1 atom stereocenters. The average Bonchev–Trinajstić information content (AvgIpc) is 2.97. The molecule has 3 rings (SSSR count). The molecule has 0 aromatic heterocycles. The SMILES string of the molecule is O=C(CC1CCCO1)c1ccc2c(c1)COC2. The van der Waals surface area contributed by atoms with Crippen molar-refractivity contribution in [3.63, 3.8) is 0 Å². The highest BCUT2D eigenvalue weighted by Gasteiger charge is 2.21. The summed E-state index contributed by atoms with van der Waals surface area (Å²) in [6, 6.07) is 5.88. The van der Waals surface area contributed by atoms with Gasteiger partial charge in [0.1, 0.15) is 0 Å². The number of hydrogen-bond acceptors (Lipinski definition) is 3. The lowest BCUT2D eigenvalue weighted by Crippen LogP contribution is -2.12. The van der Waals surface area contributed by atoms with Gasteiger partial charge in [0.15, 0.2) is 5.78 Å². The summed E-state index contributed by atoms with van der Waals surface area (Å²) in [6.45, 7) is 2.11. The molecule has 2 heterocycles. The molecular weight excluding hydrogens is 216 g/mol. The Kier molecular flexibility index (Phi) is 2.95. The highest BCUT2D eigenvalue weighted by Crippen LogP contribution is 2.23. The maximum atomic E-state index is 12.1. The second-order valence-electron chi connectivity index (χ2n) is 4.74. The van der Waals surface area contributed by atoms with Crippen LogP contribution in [0, 0.1) is 0 Å². The fourth-order valence-electron chi connectivity index (χ4n) is 2.48. The van der Waals surface area contributed by atoms with Gasteiger partial charge in [-0.2, -0.15) is 0 Å². The third kappa shape index (κ3) is 2.26. The van der Waals surface area contributed by atoms with Crippen molar-refractivity contribution >= 4 is 5.78 Å². The van der Waals surface area contributed by atoms with Crippen molar-refractivity contribution in [2.75, 3.05) is 6.61 Å². The number of rotatable bonds is 3. The Hall–Kier alpha value is -1.19. The third-order valence-corrected chi connectivity index (χ3v) is 3.48. The predicted molar refractivity (Wildman–Crippen MR) is 62.9 cm³/mol. The van der Waals surface area contributed by atoms with Gasteiger partial charge in [0.05, 0.1) is 19.3 Å². The van der Waals surface area contributed by atoms with E-state index in [0.717, 1.165) is 30.6 Å². The Balaban J connectivity index is 1.72. The Morgan fingerprint density at radius 1 is 1.29 bits per heavy atom. The summed E-state index contributed by atoms with van der Waals surface area (Å²) in [7, 11) is 0. The molecule has 0 bridgehead atoms. The number of ether oxygens (including phenoxy) is 2. The van der Waals surface area contributed by atoms with Gasteiger partial charge >= 0.3 is 0 Å². The number of carbonyl (C=O) groups is 1. The first kappa shape index (κ1) is 10.9. The zero-order valence-corrected chi connectivity index (χ0v) is 9.78. The van der Waals surface area contributed by atoms with E-state index >= 15 is 0 Å². The van der Waals surface area contributed by atoms with E-state index in [0.29, 0.717) is 19.6 Å². The summed E-state index contributed by atoms with van der Waals surface area (Å²) >= 11 is 0. The first-order valence-electron chi connectivity index (χ1n) is 6.17. The second-order valence-corrected chi connectivity index (χ2v) is 4.74. The minimum Gasteiger partial charge on any atom is -0.378 e. The lowest BCUT2D eigenvalue weighted by molar-refractivity contribution is 0.0775. The van der Waals surface area contributed by atoms with Crippen LogP contribution < -0.4 is 0 Å². The molecule has 1 fully saturated rings. The minimum absolute atomic E-state index is 0.131. The first-order valence-corrected chi connectivity index (χ1v) is 6.17. The highest BCUT2D eigenvalue weighted by molar-refractivity contribution is 5.96. The third-order valence-electron chi connectivity index (χ3n) is 3.48. The molecule has 3 heteroatoms. The molecule has 2 aliphatic heterocycles. The standard InChI is InChI=1S/C14H16O3/c15-14(7-13-2-1-5-17-13)10-3-4-11-8-16-9-12(11)6-10/h3-4,6,13H,1-2,5,7-9H2. The molecule has 0 saturated carbocycles. The largest absolute Gasteiger partial charge is 0.378 e. The van der Waals surface area contributed by atoms with Crippen LogP contribution in [0.3, 0.4) is 0 Å². The number of hydrogen-bond donors (Lipinski definition) is 0. The van der Waals surface area contributed by atoms with Crippen LogP contribution in [0.15, 0.2) is 18.2 Å². The number of fused-ring (bicyclic) bond motifs is 1. The molecular formula is C14H16O3. The fraction of sp³-hybridized carbons (Fsp3) is 0.500. The van der Waals surface area contributed by atoms with Crippen LogP contribution in [0.1, 0.15) is 40.7 Å². The summed E-state index contributed by atoms with van der Waals surface area (Å²) in [4.78, 5) is 12.1. The number of Topliss-reactive ketones (excluding diaryl/α,β-unsaturated/α-hetero) is 1. The van der Waals surface area contributed by atoms with Crippen LogP contribution in [-0.4, -0.2) is 18.5 Å². The summed E-state index contributed by atoms with van der Waals surface area (Å²) in [5.74, 6) is 0.187. The zero-order chi connectivity index (χ0) is 11.7. The van der Waals surface area contributed by atoms with E-state index in [1.54, 1.807) is 0 Å². The van der Waals surface area contributed by atoms with E-state index < -0.39 is 0 Å². The Bertz CT molecular complexity index is 433. The Morgan fingerprint density at radius 2 is 2.18 bits per heavy atom. The molecule has 0 spiro atoms. The molecule has 0 aliphatic carbocycles. The smallest absolute Gasteiger partial charge is 0.165 e. The molecule has 0 N–H and O–H groups in total. The predicted octanol–water partition coefficient (Wildman–Crippen LogP) is 2.47. The Morgan fingerprint density at radius 3 is 3.00 bits per heavy atom. The summed E-state index contributed by atoms with van der Waals surface area (Å²) in [5, 5.41) is 0. The highest BCUT2D eigenvalue weighted by atomic mass is 16.5. The van der Waals surface area contributed by atoms with Gasteiger partial charge < -0.3 is 9.47 Å². The van der Waals surface area contributed by atoms with E-state index in [1.165, 1.54) is 5.56 Å². The number of carbonyl (C=O) groups excluding carboxylic acids is 1. The van der Waals surface area contributed by atoms with Crippen molar-refractivity contribution in [1.82, 2.24) is 0 Å². The lowest BCUT2D eigenvalue weighted by atomic mass is 10.00. The molecule has 1 aromatic carbocycles. The van der Waals surface area contributed by atoms with Crippen LogP contribution in [0.25, 0.3) is 0 Å². The first-order chi connectivity index (χ1) is 8.33. The van der Waals surface area contributed by atoms with Gasteiger partial charge in [0, 0.05) is 18.6 Å². The van der Waals surface area contributed by atoms with Crippen molar-refractivity contribution in [2.24, 2.45) is 0 Å². The maximum Gasteiger partial charge on any atom is 0.165 e. The van der Waals surface area contributed by atoms with Crippen LogP contribution in [0.5, 0.6) is 0 Å². The van der Waals surface area contributed by atoms with Crippen molar-refractivity contribution < 1.29 is 14.3 Å². The fourth-order valence-corrected chi connectivity index (χ4v) is 2.48. The quantitative estimate of drug-likeness (QED) is 0.751. The summed E-state index contributed by atoms with van der Waals surface area (Å²) in [6.07, 6.45) is 2.74. The zero-order valence-electron chi connectivity index (χ0n) is 9.78. The van der Waals surface area contributed by atoms with Gasteiger partial charge in [-0.3, -0.25) is 4.79 Å². The van der Waals surface area contributed by atoms with Crippen LogP contribution in [-0.2, 0) is 22.7 Å². The van der Waals surface area contributed by atoms with Gasteiger partial charge in [-0.25, -0.2) is 0 Å². The van der Waals surface area contributed by atoms with Crippen molar-refractivity contribution in [3.05, 3.63) is 34.9 Å². The van der Waals surface area contributed by atoms with Crippen LogP contribution in [0.2, 0.25) is 0 Å². The lowest BCUT2D eigenvalue weighted by Gasteiger charge is -2.08. The molecule has 2 aliphatic rings. The van der Waals surface area contributed by atoms with E-state index in [-0.39, 0.29) is 11.9 Å². The van der Waals surface area contributed by atoms with Crippen LogP contribution >= 0.6 is 0 Å². The summed E-state index contributed by atoms with van der Waals surface area (Å²) in [5.41, 5.74) is 3.16. The van der Waals surface area contributed by atoms with Gasteiger partial charge in [-0.1, -0.05) is 12.1 Å².